The third-order valence-corrected chi connectivity index (χ3v) is 4.04. The predicted molar refractivity (Wildman–Crippen MR) is 106 cm³/mol. The molecule has 0 spiro atoms. The van der Waals surface area contributed by atoms with E-state index in [9.17, 15) is 4.79 Å². The minimum Gasteiger partial charge on any atom is -0.496 e. The van der Waals surface area contributed by atoms with Gasteiger partial charge in [-0.25, -0.2) is 0 Å². The van der Waals surface area contributed by atoms with Crippen molar-refractivity contribution in [3.05, 3.63) is 78.1 Å². The maximum absolute atomic E-state index is 12.7. The lowest BCUT2D eigenvalue weighted by Crippen LogP contribution is -2.14. The minimum absolute atomic E-state index is 0.290. The minimum atomic E-state index is -0.290. The molecule has 0 saturated carbocycles. The van der Waals surface area contributed by atoms with Gasteiger partial charge in [-0.3, -0.25) is 9.78 Å². The summed E-state index contributed by atoms with van der Waals surface area (Å²) < 4.78 is 10.6. The Hall–Kier alpha value is -3.54. The second-order valence-corrected chi connectivity index (χ2v) is 5.78. The number of hydrogen-bond acceptors (Lipinski definition) is 5. The van der Waals surface area contributed by atoms with Gasteiger partial charge >= 0.3 is 0 Å². The zero-order valence-corrected chi connectivity index (χ0v) is 15.2. The SMILES string of the molecule is COc1cccc(OC)c1C(=O)Nc1ccc(NCc2ccncc2)cc1. The van der Waals surface area contributed by atoms with Gasteiger partial charge in [0.2, 0.25) is 0 Å². The topological polar surface area (TPSA) is 72.5 Å². The van der Waals surface area contributed by atoms with Gasteiger partial charge < -0.3 is 20.1 Å². The number of methoxy groups -OCH3 is 2. The number of anilines is 2. The summed E-state index contributed by atoms with van der Waals surface area (Å²) in [6, 6.07) is 16.7. The molecule has 0 aliphatic rings. The molecule has 0 radical (unpaired) electrons. The summed E-state index contributed by atoms with van der Waals surface area (Å²) in [5.41, 5.74) is 3.15. The van der Waals surface area contributed by atoms with Gasteiger partial charge in [0.15, 0.2) is 0 Å². The number of nitrogens with zero attached hydrogens (tertiary/aromatic N) is 1. The van der Waals surface area contributed by atoms with Crippen molar-refractivity contribution in [2.24, 2.45) is 0 Å². The fourth-order valence-corrected chi connectivity index (χ4v) is 2.64. The van der Waals surface area contributed by atoms with Crippen LogP contribution in [0.5, 0.6) is 11.5 Å². The predicted octanol–water partition coefficient (Wildman–Crippen LogP) is 3.96. The quantitative estimate of drug-likeness (QED) is 0.665. The fraction of sp³-hybridized carbons (Fsp3) is 0.143. The molecular formula is C21H21N3O3. The maximum atomic E-state index is 12.7. The van der Waals surface area contributed by atoms with Crippen molar-refractivity contribution < 1.29 is 14.3 Å². The first-order valence-electron chi connectivity index (χ1n) is 8.46. The van der Waals surface area contributed by atoms with E-state index in [1.807, 2.05) is 36.4 Å². The first-order valence-corrected chi connectivity index (χ1v) is 8.46. The van der Waals surface area contributed by atoms with Crippen molar-refractivity contribution in [1.29, 1.82) is 0 Å². The Morgan fingerprint density at radius 1 is 0.889 bits per heavy atom. The third-order valence-electron chi connectivity index (χ3n) is 4.04. The molecule has 27 heavy (non-hydrogen) atoms. The second kappa shape index (κ2) is 8.71. The Morgan fingerprint density at radius 3 is 2.07 bits per heavy atom. The van der Waals surface area contributed by atoms with Crippen molar-refractivity contribution in [3.63, 3.8) is 0 Å². The lowest BCUT2D eigenvalue weighted by molar-refractivity contribution is 0.102. The number of benzene rings is 2. The molecule has 2 N–H and O–H groups in total. The molecule has 0 unspecified atom stereocenters. The van der Waals surface area contributed by atoms with E-state index in [-0.39, 0.29) is 5.91 Å². The lowest BCUT2D eigenvalue weighted by Gasteiger charge is -2.13. The van der Waals surface area contributed by atoms with Crippen LogP contribution in [0, 0.1) is 0 Å². The number of ether oxygens (including phenoxy) is 2. The number of carbonyl (C=O) groups is 1. The molecule has 0 aliphatic heterocycles. The van der Waals surface area contributed by atoms with Crippen molar-refractivity contribution in [2.75, 3.05) is 24.9 Å². The van der Waals surface area contributed by atoms with Crippen LogP contribution in [0.3, 0.4) is 0 Å². The van der Waals surface area contributed by atoms with E-state index in [2.05, 4.69) is 15.6 Å². The van der Waals surface area contributed by atoms with Crippen LogP contribution in [0.2, 0.25) is 0 Å². The number of amides is 1. The third kappa shape index (κ3) is 4.55. The van der Waals surface area contributed by atoms with Crippen molar-refractivity contribution in [3.8, 4) is 11.5 Å². The highest BCUT2D eigenvalue weighted by Crippen LogP contribution is 2.29. The second-order valence-electron chi connectivity index (χ2n) is 5.78. The summed E-state index contributed by atoms with van der Waals surface area (Å²) in [5.74, 6) is 0.631. The number of nitrogens with one attached hydrogen (secondary N) is 2. The Labute approximate surface area is 158 Å². The van der Waals surface area contributed by atoms with Gasteiger partial charge in [0.05, 0.1) is 14.2 Å². The summed E-state index contributed by atoms with van der Waals surface area (Å²) in [7, 11) is 3.05. The average Bonchev–Trinajstić information content (AvgIpc) is 2.73. The van der Waals surface area contributed by atoms with Crippen molar-refractivity contribution >= 4 is 17.3 Å². The normalized spacial score (nSPS) is 10.1. The van der Waals surface area contributed by atoms with E-state index in [0.29, 0.717) is 29.3 Å². The molecule has 3 rings (SSSR count). The largest absolute Gasteiger partial charge is 0.496 e. The molecule has 0 atom stereocenters. The highest BCUT2D eigenvalue weighted by atomic mass is 16.5. The van der Waals surface area contributed by atoms with E-state index >= 15 is 0 Å². The monoisotopic (exact) mass is 363 g/mol. The maximum Gasteiger partial charge on any atom is 0.263 e. The van der Waals surface area contributed by atoms with E-state index in [1.54, 1.807) is 30.6 Å². The van der Waals surface area contributed by atoms with Gasteiger partial charge in [0, 0.05) is 30.3 Å². The molecule has 1 aromatic heterocycles. The number of carbonyl (C=O) groups excluding carboxylic acids is 1. The first-order chi connectivity index (χ1) is 13.2. The Morgan fingerprint density at radius 2 is 1.48 bits per heavy atom. The van der Waals surface area contributed by atoms with Crippen molar-refractivity contribution in [2.45, 2.75) is 6.54 Å². The van der Waals surface area contributed by atoms with Crippen LogP contribution >= 0.6 is 0 Å². The number of aromatic nitrogens is 1. The fourth-order valence-electron chi connectivity index (χ4n) is 2.64. The van der Waals surface area contributed by atoms with Gasteiger partial charge in [0.1, 0.15) is 17.1 Å². The molecule has 138 valence electrons. The molecule has 2 aromatic carbocycles. The standard InChI is InChI=1S/C21H21N3O3/c1-26-18-4-3-5-19(27-2)20(18)21(25)24-17-8-6-16(7-9-17)23-14-15-10-12-22-13-11-15/h3-13,23H,14H2,1-2H3,(H,24,25). The van der Waals surface area contributed by atoms with Gasteiger partial charge in [-0.2, -0.15) is 0 Å². The number of rotatable bonds is 7. The van der Waals surface area contributed by atoms with Crippen LogP contribution in [-0.2, 0) is 6.54 Å². The molecule has 1 amide bonds. The molecule has 3 aromatic rings. The van der Waals surface area contributed by atoms with Crippen LogP contribution < -0.4 is 20.1 Å². The Bertz CT molecular complexity index is 874. The molecule has 1 heterocycles. The smallest absolute Gasteiger partial charge is 0.263 e. The van der Waals surface area contributed by atoms with Gasteiger partial charge in [0.25, 0.3) is 5.91 Å². The molecule has 0 fully saturated rings. The molecule has 6 nitrogen and oxygen atoms in total. The van der Waals surface area contributed by atoms with E-state index in [1.165, 1.54) is 14.2 Å². The molecule has 0 saturated heterocycles. The van der Waals surface area contributed by atoms with Gasteiger partial charge in [-0.1, -0.05) is 6.07 Å². The van der Waals surface area contributed by atoms with E-state index in [0.717, 1.165) is 11.3 Å². The van der Waals surface area contributed by atoms with E-state index in [4.69, 9.17) is 9.47 Å². The van der Waals surface area contributed by atoms with Crippen LogP contribution in [0.25, 0.3) is 0 Å². The number of hydrogen-bond donors (Lipinski definition) is 2. The highest BCUT2D eigenvalue weighted by Gasteiger charge is 2.18. The van der Waals surface area contributed by atoms with Crippen LogP contribution in [0.1, 0.15) is 15.9 Å². The van der Waals surface area contributed by atoms with Crippen LogP contribution in [-0.4, -0.2) is 25.1 Å². The lowest BCUT2D eigenvalue weighted by atomic mass is 10.1. The van der Waals surface area contributed by atoms with Gasteiger partial charge in [-0.15, -0.1) is 0 Å². The van der Waals surface area contributed by atoms with Gasteiger partial charge in [-0.05, 0) is 54.1 Å². The highest BCUT2D eigenvalue weighted by molar-refractivity contribution is 6.08. The van der Waals surface area contributed by atoms with E-state index < -0.39 is 0 Å². The zero-order valence-electron chi connectivity index (χ0n) is 15.2. The zero-order chi connectivity index (χ0) is 19.1. The van der Waals surface area contributed by atoms with Crippen LogP contribution in [0.15, 0.2) is 67.0 Å². The summed E-state index contributed by atoms with van der Waals surface area (Å²) >= 11 is 0. The van der Waals surface area contributed by atoms with Crippen molar-refractivity contribution in [1.82, 2.24) is 4.98 Å². The molecule has 6 heteroatoms. The molecular weight excluding hydrogens is 342 g/mol. The summed E-state index contributed by atoms with van der Waals surface area (Å²) in [6.45, 7) is 0.701. The molecule has 0 bridgehead atoms. The summed E-state index contributed by atoms with van der Waals surface area (Å²) in [4.78, 5) is 16.7. The van der Waals surface area contributed by atoms with Crippen LogP contribution in [0.4, 0.5) is 11.4 Å². The molecule has 0 aliphatic carbocycles. The first kappa shape index (κ1) is 18.3. The number of pyridine rings is 1. The average molecular weight is 363 g/mol. The Balaban J connectivity index is 1.67. The Kier molecular flexibility index (Phi) is 5.89. The summed E-state index contributed by atoms with van der Waals surface area (Å²) in [5, 5.41) is 6.20. The summed E-state index contributed by atoms with van der Waals surface area (Å²) in [6.07, 6.45) is 3.53.